The molecule has 3 N–H and O–H groups in total. The Morgan fingerprint density at radius 3 is 3.10 bits per heavy atom. The maximum atomic E-state index is 9.41. The Kier molecular flexibility index (Phi) is 3.62. The molecular formula is C13H17N5OS. The summed E-state index contributed by atoms with van der Waals surface area (Å²) in [6, 6.07) is 0. The molecule has 6 nitrogen and oxygen atoms in total. The summed E-state index contributed by atoms with van der Waals surface area (Å²) in [5, 5.41) is 9.86. The van der Waals surface area contributed by atoms with Crippen molar-refractivity contribution in [3.05, 3.63) is 25.3 Å². The highest BCUT2D eigenvalue weighted by Crippen LogP contribution is 2.48. The van der Waals surface area contributed by atoms with E-state index >= 15 is 0 Å². The zero-order valence-corrected chi connectivity index (χ0v) is 11.8. The van der Waals surface area contributed by atoms with Crippen molar-refractivity contribution in [2.24, 2.45) is 5.92 Å². The Balaban J connectivity index is 2.00. The van der Waals surface area contributed by atoms with E-state index in [-0.39, 0.29) is 17.2 Å². The first-order chi connectivity index (χ1) is 9.74. The normalized spacial score (nSPS) is 26.1. The number of hydrogen-bond donors (Lipinski definition) is 2. The molecule has 1 aliphatic rings. The van der Waals surface area contributed by atoms with Gasteiger partial charge in [-0.15, -0.1) is 18.3 Å². The highest BCUT2D eigenvalue weighted by Gasteiger charge is 2.36. The van der Waals surface area contributed by atoms with Crippen molar-refractivity contribution < 1.29 is 5.11 Å². The van der Waals surface area contributed by atoms with Gasteiger partial charge in [0.2, 0.25) is 0 Å². The molecule has 0 aliphatic carbocycles. The van der Waals surface area contributed by atoms with Gasteiger partial charge in [-0.25, -0.2) is 15.0 Å². The predicted molar refractivity (Wildman–Crippen MR) is 80.2 cm³/mol. The Labute approximate surface area is 121 Å². The number of fused-ring (bicyclic) bond motifs is 1. The zero-order valence-electron chi connectivity index (χ0n) is 11.0. The van der Waals surface area contributed by atoms with E-state index in [0.717, 1.165) is 18.5 Å². The van der Waals surface area contributed by atoms with Gasteiger partial charge >= 0.3 is 0 Å². The van der Waals surface area contributed by atoms with E-state index in [4.69, 9.17) is 5.73 Å². The van der Waals surface area contributed by atoms with E-state index in [1.165, 1.54) is 6.33 Å². The molecule has 1 aliphatic heterocycles. The van der Waals surface area contributed by atoms with Crippen LogP contribution in [-0.2, 0) is 0 Å². The molecule has 0 amide bonds. The van der Waals surface area contributed by atoms with Crippen molar-refractivity contribution in [1.29, 1.82) is 0 Å². The van der Waals surface area contributed by atoms with E-state index < -0.39 is 0 Å². The van der Waals surface area contributed by atoms with Gasteiger partial charge in [0.1, 0.15) is 11.8 Å². The van der Waals surface area contributed by atoms with Crippen LogP contribution in [0, 0.1) is 5.92 Å². The summed E-state index contributed by atoms with van der Waals surface area (Å²) < 4.78 is 2.04. The van der Waals surface area contributed by atoms with Crippen LogP contribution in [0.4, 0.5) is 5.82 Å². The first-order valence-electron chi connectivity index (χ1n) is 6.54. The number of imidazole rings is 1. The molecule has 106 valence electrons. The van der Waals surface area contributed by atoms with Crippen LogP contribution >= 0.6 is 11.8 Å². The van der Waals surface area contributed by atoms with Crippen LogP contribution in [-0.4, -0.2) is 36.5 Å². The fraction of sp³-hybridized carbons (Fsp3) is 0.462. The molecule has 1 fully saturated rings. The van der Waals surface area contributed by atoms with Crippen LogP contribution in [0.15, 0.2) is 25.3 Å². The molecule has 2 aromatic rings. The van der Waals surface area contributed by atoms with Gasteiger partial charge < -0.3 is 15.4 Å². The van der Waals surface area contributed by atoms with E-state index in [1.807, 2.05) is 10.6 Å². The second-order valence-corrected chi connectivity index (χ2v) is 6.36. The monoisotopic (exact) mass is 291 g/mol. The smallest absolute Gasteiger partial charge is 0.166 e. The summed E-state index contributed by atoms with van der Waals surface area (Å²) in [7, 11) is 0. The second kappa shape index (κ2) is 5.41. The highest BCUT2D eigenvalue weighted by molar-refractivity contribution is 8.00. The van der Waals surface area contributed by atoms with Gasteiger partial charge in [0.15, 0.2) is 11.5 Å². The Morgan fingerprint density at radius 1 is 1.50 bits per heavy atom. The lowest BCUT2D eigenvalue weighted by Gasteiger charge is -2.19. The summed E-state index contributed by atoms with van der Waals surface area (Å²) in [6.07, 6.45) is 7.04. The Hall–Kier alpha value is -1.60. The molecule has 0 spiro atoms. The second-order valence-electron chi connectivity index (χ2n) is 4.93. The van der Waals surface area contributed by atoms with Crippen LogP contribution in [0.1, 0.15) is 18.2 Å². The van der Waals surface area contributed by atoms with E-state index in [9.17, 15) is 5.11 Å². The maximum absolute atomic E-state index is 9.41. The molecule has 20 heavy (non-hydrogen) atoms. The van der Waals surface area contributed by atoms with Crippen LogP contribution in [0.3, 0.4) is 0 Å². The first-order valence-corrected chi connectivity index (χ1v) is 7.49. The topological polar surface area (TPSA) is 89.8 Å². The van der Waals surface area contributed by atoms with Gasteiger partial charge in [-0.05, 0) is 18.8 Å². The summed E-state index contributed by atoms with van der Waals surface area (Å²) >= 11 is 1.76. The van der Waals surface area contributed by atoms with E-state index in [2.05, 4.69) is 21.5 Å². The predicted octanol–water partition coefficient (Wildman–Crippen LogP) is 1.60. The molecule has 7 heteroatoms. The quantitative estimate of drug-likeness (QED) is 0.832. The molecule has 3 atom stereocenters. The van der Waals surface area contributed by atoms with Crippen LogP contribution in [0.2, 0.25) is 0 Å². The standard InChI is InChI=1S/C13H17N5OS/c1-2-3-8-4-9(5-19)20-13(8)18-7-17-10-11(14)15-6-16-12(10)18/h2,6-9,13,19H,1,3-5H2,(H2,14,15,16). The van der Waals surface area contributed by atoms with E-state index in [1.54, 1.807) is 18.1 Å². The first kappa shape index (κ1) is 13.4. The molecule has 2 aromatic heterocycles. The minimum atomic E-state index is 0.193. The largest absolute Gasteiger partial charge is 0.395 e. The number of nitrogen functional groups attached to an aromatic ring is 1. The van der Waals surface area contributed by atoms with Crippen molar-refractivity contribution in [1.82, 2.24) is 19.5 Å². The number of allylic oxidation sites excluding steroid dienone is 1. The number of aliphatic hydroxyl groups is 1. The number of aliphatic hydroxyl groups excluding tert-OH is 1. The Bertz CT molecular complexity index is 628. The maximum Gasteiger partial charge on any atom is 0.166 e. The molecule has 0 bridgehead atoms. The van der Waals surface area contributed by atoms with Crippen molar-refractivity contribution in [3.8, 4) is 0 Å². The van der Waals surface area contributed by atoms with Crippen LogP contribution in [0.25, 0.3) is 11.2 Å². The zero-order chi connectivity index (χ0) is 14.1. The van der Waals surface area contributed by atoms with Crippen molar-refractivity contribution in [2.75, 3.05) is 12.3 Å². The molecule has 1 saturated heterocycles. The van der Waals surface area contributed by atoms with Crippen molar-refractivity contribution >= 4 is 28.7 Å². The molecular weight excluding hydrogens is 274 g/mol. The lowest BCUT2D eigenvalue weighted by atomic mass is 9.99. The molecule has 0 saturated carbocycles. The number of aromatic nitrogens is 4. The highest BCUT2D eigenvalue weighted by atomic mass is 32.2. The number of hydrogen-bond acceptors (Lipinski definition) is 6. The molecule has 3 heterocycles. The molecule has 3 unspecified atom stereocenters. The number of nitrogens with zero attached hydrogens (tertiary/aromatic N) is 4. The summed E-state index contributed by atoms with van der Waals surface area (Å²) in [5.74, 6) is 0.818. The average Bonchev–Trinajstić information content (AvgIpc) is 3.03. The fourth-order valence-corrected chi connectivity index (χ4v) is 4.28. The van der Waals surface area contributed by atoms with Gasteiger partial charge in [0.25, 0.3) is 0 Å². The fourth-order valence-electron chi connectivity index (χ4n) is 2.71. The van der Waals surface area contributed by atoms with Crippen molar-refractivity contribution in [3.63, 3.8) is 0 Å². The van der Waals surface area contributed by atoms with Gasteiger partial charge in [0, 0.05) is 5.25 Å². The third-order valence-electron chi connectivity index (χ3n) is 3.64. The number of rotatable bonds is 4. The van der Waals surface area contributed by atoms with Crippen molar-refractivity contribution in [2.45, 2.75) is 23.5 Å². The summed E-state index contributed by atoms with van der Waals surface area (Å²) in [6.45, 7) is 4.02. The van der Waals surface area contributed by atoms with Gasteiger partial charge in [-0.2, -0.15) is 0 Å². The third kappa shape index (κ3) is 2.16. The molecule has 0 aromatic carbocycles. The number of anilines is 1. The van der Waals surface area contributed by atoms with E-state index in [0.29, 0.717) is 17.3 Å². The van der Waals surface area contributed by atoms with Crippen LogP contribution < -0.4 is 5.73 Å². The molecule has 0 radical (unpaired) electrons. The summed E-state index contributed by atoms with van der Waals surface area (Å²) in [4.78, 5) is 12.6. The van der Waals surface area contributed by atoms with Gasteiger partial charge in [-0.3, -0.25) is 0 Å². The third-order valence-corrected chi connectivity index (χ3v) is 5.25. The average molecular weight is 291 g/mol. The van der Waals surface area contributed by atoms with Crippen LogP contribution in [0.5, 0.6) is 0 Å². The lowest BCUT2D eigenvalue weighted by Crippen LogP contribution is -2.11. The molecule has 3 rings (SSSR count). The SMILES string of the molecule is C=CCC1CC(CO)SC1n1cnc2c(N)ncnc21. The van der Waals surface area contributed by atoms with Gasteiger partial charge in [0.05, 0.1) is 18.3 Å². The number of nitrogens with two attached hydrogens (primary N) is 1. The summed E-state index contributed by atoms with van der Waals surface area (Å²) in [5.41, 5.74) is 7.21. The minimum absolute atomic E-state index is 0.193. The van der Waals surface area contributed by atoms with Gasteiger partial charge in [-0.1, -0.05) is 6.08 Å². The Morgan fingerprint density at radius 2 is 2.35 bits per heavy atom. The minimum Gasteiger partial charge on any atom is -0.395 e. The lowest BCUT2D eigenvalue weighted by molar-refractivity contribution is 0.282. The number of thioether (sulfide) groups is 1.